The van der Waals surface area contributed by atoms with Crippen molar-refractivity contribution in [3.05, 3.63) is 18.6 Å². The first kappa shape index (κ1) is 9.40. The van der Waals surface area contributed by atoms with Gasteiger partial charge in [-0.05, 0) is 20.3 Å². The molecule has 1 aliphatic rings. The standard InChI is InChI=1S/C10H15N3O/c1-8-10(2,3-6-14-8)13-9-7-11-4-5-12-9/h4-5,7-8H,3,6H2,1-2H3,(H,12,13). The summed E-state index contributed by atoms with van der Waals surface area (Å²) in [4.78, 5) is 8.21. The van der Waals surface area contributed by atoms with E-state index in [0.717, 1.165) is 18.8 Å². The van der Waals surface area contributed by atoms with Crippen LogP contribution < -0.4 is 5.32 Å². The van der Waals surface area contributed by atoms with Crippen molar-refractivity contribution in [2.24, 2.45) is 0 Å². The average Bonchev–Trinajstić information content (AvgIpc) is 2.48. The summed E-state index contributed by atoms with van der Waals surface area (Å²) >= 11 is 0. The summed E-state index contributed by atoms with van der Waals surface area (Å²) in [7, 11) is 0. The smallest absolute Gasteiger partial charge is 0.144 e. The van der Waals surface area contributed by atoms with Crippen molar-refractivity contribution in [1.29, 1.82) is 0 Å². The van der Waals surface area contributed by atoms with Crippen LogP contribution in [-0.4, -0.2) is 28.2 Å². The van der Waals surface area contributed by atoms with Gasteiger partial charge in [0.25, 0.3) is 0 Å². The van der Waals surface area contributed by atoms with Crippen LogP contribution in [0.25, 0.3) is 0 Å². The van der Waals surface area contributed by atoms with E-state index in [4.69, 9.17) is 4.74 Å². The minimum absolute atomic E-state index is 0.0178. The molecular formula is C10H15N3O. The number of nitrogens with one attached hydrogen (secondary N) is 1. The zero-order valence-electron chi connectivity index (χ0n) is 8.53. The van der Waals surface area contributed by atoms with Crippen molar-refractivity contribution in [3.8, 4) is 0 Å². The molecule has 0 aliphatic carbocycles. The number of hydrogen-bond acceptors (Lipinski definition) is 4. The monoisotopic (exact) mass is 193 g/mol. The Labute approximate surface area is 83.7 Å². The van der Waals surface area contributed by atoms with E-state index in [0.29, 0.717) is 0 Å². The first-order chi connectivity index (χ1) is 6.71. The summed E-state index contributed by atoms with van der Waals surface area (Å²) in [5.74, 6) is 0.812. The molecule has 2 unspecified atom stereocenters. The molecule has 14 heavy (non-hydrogen) atoms. The Kier molecular flexibility index (Phi) is 2.37. The molecule has 4 nitrogen and oxygen atoms in total. The Morgan fingerprint density at radius 3 is 3.00 bits per heavy atom. The van der Waals surface area contributed by atoms with E-state index in [-0.39, 0.29) is 11.6 Å². The Bertz CT molecular complexity index is 303. The van der Waals surface area contributed by atoms with Crippen molar-refractivity contribution in [3.63, 3.8) is 0 Å². The normalized spacial score (nSPS) is 31.7. The minimum atomic E-state index is -0.0178. The summed E-state index contributed by atoms with van der Waals surface area (Å²) in [6.45, 7) is 5.04. The maximum absolute atomic E-state index is 5.53. The van der Waals surface area contributed by atoms with Gasteiger partial charge < -0.3 is 10.1 Å². The van der Waals surface area contributed by atoms with Crippen LogP contribution in [-0.2, 0) is 4.74 Å². The summed E-state index contributed by atoms with van der Waals surface area (Å²) in [5.41, 5.74) is -0.0178. The molecule has 0 bridgehead atoms. The van der Waals surface area contributed by atoms with Crippen LogP contribution in [0.2, 0.25) is 0 Å². The van der Waals surface area contributed by atoms with E-state index in [1.807, 2.05) is 0 Å². The summed E-state index contributed by atoms with van der Waals surface area (Å²) in [5, 5.41) is 3.37. The minimum Gasteiger partial charge on any atom is -0.376 e. The van der Waals surface area contributed by atoms with Crippen molar-refractivity contribution in [1.82, 2.24) is 9.97 Å². The van der Waals surface area contributed by atoms with E-state index < -0.39 is 0 Å². The molecule has 1 saturated heterocycles. The van der Waals surface area contributed by atoms with Crippen LogP contribution in [0.3, 0.4) is 0 Å². The fourth-order valence-corrected chi connectivity index (χ4v) is 1.66. The van der Waals surface area contributed by atoms with Crippen LogP contribution in [0.5, 0.6) is 0 Å². The number of aromatic nitrogens is 2. The van der Waals surface area contributed by atoms with Gasteiger partial charge in [0.1, 0.15) is 5.82 Å². The van der Waals surface area contributed by atoms with Gasteiger partial charge in [-0.25, -0.2) is 4.98 Å². The molecule has 1 fully saturated rings. The van der Waals surface area contributed by atoms with Crippen LogP contribution in [0.4, 0.5) is 5.82 Å². The second kappa shape index (κ2) is 3.53. The Balaban J connectivity index is 2.10. The fourth-order valence-electron chi connectivity index (χ4n) is 1.66. The molecule has 0 radical (unpaired) electrons. The third kappa shape index (κ3) is 1.70. The molecule has 2 heterocycles. The highest BCUT2D eigenvalue weighted by Gasteiger charge is 2.37. The Morgan fingerprint density at radius 1 is 1.57 bits per heavy atom. The second-order valence-electron chi connectivity index (χ2n) is 3.90. The van der Waals surface area contributed by atoms with Crippen LogP contribution >= 0.6 is 0 Å². The van der Waals surface area contributed by atoms with Crippen molar-refractivity contribution >= 4 is 5.82 Å². The van der Waals surface area contributed by atoms with Gasteiger partial charge in [0.05, 0.1) is 17.8 Å². The number of anilines is 1. The van der Waals surface area contributed by atoms with Gasteiger partial charge in [-0.1, -0.05) is 0 Å². The molecule has 0 spiro atoms. The maximum Gasteiger partial charge on any atom is 0.144 e. The average molecular weight is 193 g/mol. The molecule has 1 aromatic rings. The lowest BCUT2D eigenvalue weighted by molar-refractivity contribution is 0.105. The van der Waals surface area contributed by atoms with Crippen LogP contribution in [0, 0.1) is 0 Å². The van der Waals surface area contributed by atoms with E-state index in [9.17, 15) is 0 Å². The van der Waals surface area contributed by atoms with Gasteiger partial charge in [-0.15, -0.1) is 0 Å². The first-order valence-corrected chi connectivity index (χ1v) is 4.86. The van der Waals surface area contributed by atoms with E-state index in [1.165, 1.54) is 0 Å². The molecule has 0 saturated carbocycles. The van der Waals surface area contributed by atoms with Crippen molar-refractivity contribution in [2.45, 2.75) is 31.9 Å². The van der Waals surface area contributed by atoms with E-state index >= 15 is 0 Å². The Hall–Kier alpha value is -1.16. The lowest BCUT2D eigenvalue weighted by Crippen LogP contribution is -2.41. The number of ether oxygens (including phenoxy) is 1. The number of nitrogens with zero attached hydrogens (tertiary/aromatic N) is 2. The van der Waals surface area contributed by atoms with Gasteiger partial charge in [0.15, 0.2) is 0 Å². The third-order valence-corrected chi connectivity index (χ3v) is 2.86. The predicted molar refractivity (Wildman–Crippen MR) is 54.1 cm³/mol. The largest absolute Gasteiger partial charge is 0.376 e. The van der Waals surface area contributed by atoms with Crippen LogP contribution in [0.15, 0.2) is 18.6 Å². The van der Waals surface area contributed by atoms with Gasteiger partial charge in [-0.2, -0.15) is 0 Å². The second-order valence-corrected chi connectivity index (χ2v) is 3.90. The Morgan fingerprint density at radius 2 is 2.43 bits per heavy atom. The molecule has 2 atom stereocenters. The van der Waals surface area contributed by atoms with Gasteiger partial charge in [0, 0.05) is 19.0 Å². The van der Waals surface area contributed by atoms with Crippen LogP contribution in [0.1, 0.15) is 20.3 Å². The van der Waals surface area contributed by atoms with E-state index in [2.05, 4.69) is 29.1 Å². The highest BCUT2D eigenvalue weighted by atomic mass is 16.5. The topological polar surface area (TPSA) is 47.0 Å². The number of hydrogen-bond donors (Lipinski definition) is 1. The molecule has 1 aliphatic heterocycles. The predicted octanol–water partition coefficient (Wildman–Crippen LogP) is 1.46. The zero-order valence-corrected chi connectivity index (χ0v) is 8.53. The lowest BCUT2D eigenvalue weighted by atomic mass is 9.95. The van der Waals surface area contributed by atoms with Gasteiger partial charge in [-0.3, -0.25) is 4.98 Å². The summed E-state index contributed by atoms with van der Waals surface area (Å²) < 4.78 is 5.53. The quantitative estimate of drug-likeness (QED) is 0.772. The molecule has 1 N–H and O–H groups in total. The van der Waals surface area contributed by atoms with Gasteiger partial charge >= 0.3 is 0 Å². The first-order valence-electron chi connectivity index (χ1n) is 4.86. The van der Waals surface area contributed by atoms with E-state index in [1.54, 1.807) is 18.6 Å². The zero-order chi connectivity index (χ0) is 10.0. The molecule has 1 aromatic heterocycles. The SMILES string of the molecule is CC1OCCC1(C)Nc1cnccn1. The lowest BCUT2D eigenvalue weighted by Gasteiger charge is -2.29. The molecule has 2 rings (SSSR count). The molecule has 4 heteroatoms. The van der Waals surface area contributed by atoms with Gasteiger partial charge in [0.2, 0.25) is 0 Å². The molecule has 76 valence electrons. The highest BCUT2D eigenvalue weighted by Crippen LogP contribution is 2.28. The van der Waals surface area contributed by atoms with Crippen molar-refractivity contribution < 1.29 is 4.74 Å². The van der Waals surface area contributed by atoms with Crippen molar-refractivity contribution in [2.75, 3.05) is 11.9 Å². The summed E-state index contributed by atoms with van der Waals surface area (Å²) in [6.07, 6.45) is 6.31. The molecular weight excluding hydrogens is 178 g/mol. The summed E-state index contributed by atoms with van der Waals surface area (Å²) in [6, 6.07) is 0. The highest BCUT2D eigenvalue weighted by molar-refractivity contribution is 5.35. The molecule has 0 amide bonds. The fraction of sp³-hybridized carbons (Fsp3) is 0.600. The maximum atomic E-state index is 5.53. The number of rotatable bonds is 2. The third-order valence-electron chi connectivity index (χ3n) is 2.86. The molecule has 0 aromatic carbocycles.